The van der Waals surface area contributed by atoms with Gasteiger partial charge in [0.2, 0.25) is 0 Å². The molecule has 1 atom stereocenters. The fourth-order valence-electron chi connectivity index (χ4n) is 2.50. The van der Waals surface area contributed by atoms with Gasteiger partial charge in [-0.05, 0) is 31.5 Å². The third-order valence-corrected chi connectivity index (χ3v) is 3.66. The maximum Gasteiger partial charge on any atom is 0.0874 e. The average molecular weight is 248 g/mol. The molecule has 1 aromatic rings. The molecular formula is C15H24N2O. The summed E-state index contributed by atoms with van der Waals surface area (Å²) >= 11 is 0. The number of ether oxygens (including phenoxy) is 1. The molecule has 0 aromatic heterocycles. The Morgan fingerprint density at radius 1 is 1.33 bits per heavy atom. The first-order chi connectivity index (χ1) is 8.70. The second kappa shape index (κ2) is 6.21. The molecule has 2 rings (SSSR count). The van der Waals surface area contributed by atoms with Crippen molar-refractivity contribution < 1.29 is 4.74 Å². The minimum absolute atomic E-state index is 0.303. The summed E-state index contributed by atoms with van der Waals surface area (Å²) < 4.78 is 5.81. The molecule has 0 radical (unpaired) electrons. The molecule has 0 spiro atoms. The van der Waals surface area contributed by atoms with Crippen LogP contribution in [0.25, 0.3) is 0 Å². The number of benzene rings is 1. The van der Waals surface area contributed by atoms with Crippen LogP contribution in [0.1, 0.15) is 18.1 Å². The minimum atomic E-state index is 0.303. The fourth-order valence-corrected chi connectivity index (χ4v) is 2.50. The summed E-state index contributed by atoms with van der Waals surface area (Å²) in [6.07, 6.45) is 0.303. The van der Waals surface area contributed by atoms with Crippen molar-refractivity contribution in [2.45, 2.75) is 26.9 Å². The molecule has 1 aliphatic rings. The summed E-state index contributed by atoms with van der Waals surface area (Å²) in [5, 5.41) is 3.54. The number of hydrogen-bond donors (Lipinski definition) is 1. The van der Waals surface area contributed by atoms with Gasteiger partial charge in [-0.3, -0.25) is 4.90 Å². The van der Waals surface area contributed by atoms with Crippen molar-refractivity contribution in [2.75, 3.05) is 38.1 Å². The highest BCUT2D eigenvalue weighted by Gasteiger charge is 2.19. The highest BCUT2D eigenvalue weighted by Crippen LogP contribution is 2.19. The summed E-state index contributed by atoms with van der Waals surface area (Å²) in [4.78, 5) is 2.44. The topological polar surface area (TPSA) is 24.5 Å². The molecule has 3 nitrogen and oxygen atoms in total. The van der Waals surface area contributed by atoms with Crippen molar-refractivity contribution in [1.82, 2.24) is 4.90 Å². The van der Waals surface area contributed by atoms with E-state index in [1.807, 2.05) is 0 Å². The molecule has 18 heavy (non-hydrogen) atoms. The van der Waals surface area contributed by atoms with Gasteiger partial charge in [0.25, 0.3) is 0 Å². The number of morpholine rings is 1. The van der Waals surface area contributed by atoms with Crippen molar-refractivity contribution in [1.29, 1.82) is 0 Å². The van der Waals surface area contributed by atoms with Gasteiger partial charge in [0.1, 0.15) is 0 Å². The smallest absolute Gasteiger partial charge is 0.0874 e. The van der Waals surface area contributed by atoms with Crippen LogP contribution in [0.5, 0.6) is 0 Å². The SMILES string of the molecule is CCN1CCOC(CNc2c(C)cccc2C)C1. The van der Waals surface area contributed by atoms with Crippen molar-refractivity contribution in [3.8, 4) is 0 Å². The van der Waals surface area contributed by atoms with Gasteiger partial charge in [0.05, 0.1) is 12.7 Å². The Hall–Kier alpha value is -1.06. The normalized spacial score (nSPS) is 20.9. The first-order valence-electron chi connectivity index (χ1n) is 6.84. The second-order valence-electron chi connectivity index (χ2n) is 5.03. The van der Waals surface area contributed by atoms with Crippen LogP contribution in [-0.4, -0.2) is 43.8 Å². The van der Waals surface area contributed by atoms with Crippen molar-refractivity contribution >= 4 is 5.69 Å². The van der Waals surface area contributed by atoms with Crippen LogP contribution in [0.2, 0.25) is 0 Å². The summed E-state index contributed by atoms with van der Waals surface area (Å²) in [5.74, 6) is 0. The lowest BCUT2D eigenvalue weighted by molar-refractivity contribution is -0.0191. The summed E-state index contributed by atoms with van der Waals surface area (Å²) in [5.41, 5.74) is 3.87. The van der Waals surface area contributed by atoms with E-state index >= 15 is 0 Å². The molecule has 0 aliphatic carbocycles. The second-order valence-corrected chi connectivity index (χ2v) is 5.03. The van der Waals surface area contributed by atoms with Crippen LogP contribution < -0.4 is 5.32 Å². The monoisotopic (exact) mass is 248 g/mol. The van der Waals surface area contributed by atoms with Crippen LogP contribution >= 0.6 is 0 Å². The number of aryl methyl sites for hydroxylation is 2. The molecule has 1 fully saturated rings. The number of para-hydroxylation sites is 1. The van der Waals surface area contributed by atoms with Crippen molar-refractivity contribution in [3.63, 3.8) is 0 Å². The Balaban J connectivity index is 1.91. The third kappa shape index (κ3) is 3.24. The van der Waals surface area contributed by atoms with E-state index in [9.17, 15) is 0 Å². The summed E-state index contributed by atoms with van der Waals surface area (Å²) in [6, 6.07) is 6.40. The molecular weight excluding hydrogens is 224 g/mol. The Bertz CT molecular complexity index is 372. The quantitative estimate of drug-likeness (QED) is 0.885. The van der Waals surface area contributed by atoms with E-state index in [0.29, 0.717) is 6.10 Å². The molecule has 3 heteroatoms. The number of likely N-dealkylation sites (N-methyl/N-ethyl adjacent to an activating group) is 1. The van der Waals surface area contributed by atoms with E-state index < -0.39 is 0 Å². The van der Waals surface area contributed by atoms with Crippen LogP contribution in [0, 0.1) is 13.8 Å². The maximum absolute atomic E-state index is 5.81. The highest BCUT2D eigenvalue weighted by atomic mass is 16.5. The molecule has 1 saturated heterocycles. The third-order valence-electron chi connectivity index (χ3n) is 3.66. The zero-order chi connectivity index (χ0) is 13.0. The van der Waals surface area contributed by atoms with Gasteiger partial charge in [-0.1, -0.05) is 25.1 Å². The molecule has 1 unspecified atom stereocenters. The number of rotatable bonds is 4. The molecule has 0 bridgehead atoms. The van der Waals surface area contributed by atoms with Crippen LogP contribution in [0.15, 0.2) is 18.2 Å². The Morgan fingerprint density at radius 2 is 2.06 bits per heavy atom. The summed E-state index contributed by atoms with van der Waals surface area (Å²) in [6.45, 7) is 11.5. The fraction of sp³-hybridized carbons (Fsp3) is 0.600. The predicted molar refractivity (Wildman–Crippen MR) is 76.3 cm³/mol. The lowest BCUT2D eigenvalue weighted by Gasteiger charge is -2.32. The molecule has 0 amide bonds. The number of nitrogens with zero attached hydrogens (tertiary/aromatic N) is 1. The average Bonchev–Trinajstić information content (AvgIpc) is 2.38. The molecule has 1 heterocycles. The Labute approximate surface area is 110 Å². The van der Waals surface area contributed by atoms with Gasteiger partial charge < -0.3 is 10.1 Å². The highest BCUT2D eigenvalue weighted by molar-refractivity contribution is 5.56. The molecule has 0 saturated carbocycles. The molecule has 1 N–H and O–H groups in total. The Kier molecular flexibility index (Phi) is 4.61. The Morgan fingerprint density at radius 3 is 2.72 bits per heavy atom. The lowest BCUT2D eigenvalue weighted by Crippen LogP contribution is -2.45. The van der Waals surface area contributed by atoms with E-state index in [2.05, 4.69) is 49.2 Å². The maximum atomic E-state index is 5.81. The number of nitrogens with one attached hydrogen (secondary N) is 1. The van der Waals surface area contributed by atoms with Gasteiger partial charge in [-0.25, -0.2) is 0 Å². The minimum Gasteiger partial charge on any atom is -0.382 e. The molecule has 1 aliphatic heterocycles. The van der Waals surface area contributed by atoms with Crippen LogP contribution in [0.4, 0.5) is 5.69 Å². The van der Waals surface area contributed by atoms with Gasteiger partial charge in [-0.15, -0.1) is 0 Å². The van der Waals surface area contributed by atoms with E-state index in [1.165, 1.54) is 16.8 Å². The largest absolute Gasteiger partial charge is 0.382 e. The first kappa shape index (κ1) is 13.4. The molecule has 1 aromatic carbocycles. The zero-order valence-corrected chi connectivity index (χ0v) is 11.7. The predicted octanol–water partition coefficient (Wildman–Crippen LogP) is 2.44. The van der Waals surface area contributed by atoms with Gasteiger partial charge >= 0.3 is 0 Å². The van der Waals surface area contributed by atoms with Crippen LogP contribution in [0.3, 0.4) is 0 Å². The van der Waals surface area contributed by atoms with Crippen molar-refractivity contribution in [2.24, 2.45) is 0 Å². The number of anilines is 1. The standard InChI is InChI=1S/C15H24N2O/c1-4-17-8-9-18-14(11-17)10-16-15-12(2)6-5-7-13(15)3/h5-7,14,16H,4,8-11H2,1-3H3. The van der Waals surface area contributed by atoms with E-state index in [4.69, 9.17) is 4.74 Å². The van der Waals surface area contributed by atoms with Gasteiger partial charge in [0, 0.05) is 25.3 Å². The number of hydrogen-bond acceptors (Lipinski definition) is 3. The summed E-state index contributed by atoms with van der Waals surface area (Å²) in [7, 11) is 0. The van der Waals surface area contributed by atoms with Crippen molar-refractivity contribution in [3.05, 3.63) is 29.3 Å². The van der Waals surface area contributed by atoms with Gasteiger partial charge in [0.15, 0.2) is 0 Å². The lowest BCUT2D eigenvalue weighted by atomic mass is 10.1. The van der Waals surface area contributed by atoms with E-state index in [0.717, 1.165) is 32.8 Å². The van der Waals surface area contributed by atoms with E-state index in [1.54, 1.807) is 0 Å². The first-order valence-corrected chi connectivity index (χ1v) is 6.84. The van der Waals surface area contributed by atoms with Crippen LogP contribution in [-0.2, 0) is 4.74 Å². The molecule has 100 valence electrons. The van der Waals surface area contributed by atoms with E-state index in [-0.39, 0.29) is 0 Å². The van der Waals surface area contributed by atoms with Gasteiger partial charge in [-0.2, -0.15) is 0 Å². The zero-order valence-electron chi connectivity index (χ0n) is 11.7.